The SMILES string of the molecule is C=C=O.c1ccc2c(c1)CC2. The number of rotatable bonds is 0. The van der Waals surface area contributed by atoms with Gasteiger partial charge >= 0.3 is 0 Å². The lowest BCUT2D eigenvalue weighted by molar-refractivity contribution is 0.569. The van der Waals surface area contributed by atoms with E-state index >= 15 is 0 Å². The lowest BCUT2D eigenvalue weighted by Crippen LogP contribution is -2.06. The fourth-order valence-electron chi connectivity index (χ4n) is 1.14. The highest BCUT2D eigenvalue weighted by Gasteiger charge is 2.09. The maximum absolute atomic E-state index is 8.57. The van der Waals surface area contributed by atoms with E-state index in [0.717, 1.165) is 0 Å². The van der Waals surface area contributed by atoms with E-state index in [-0.39, 0.29) is 0 Å². The largest absolute Gasteiger partial charge is 0.234 e. The third-order valence-corrected chi connectivity index (χ3v) is 1.78. The maximum Gasteiger partial charge on any atom is 0.116 e. The summed E-state index contributed by atoms with van der Waals surface area (Å²) >= 11 is 0. The Morgan fingerprint density at radius 2 is 1.55 bits per heavy atom. The molecule has 0 atom stereocenters. The summed E-state index contributed by atoms with van der Waals surface area (Å²) in [5, 5.41) is 0. The third-order valence-electron chi connectivity index (χ3n) is 1.78. The first-order valence-electron chi connectivity index (χ1n) is 3.59. The highest BCUT2D eigenvalue weighted by molar-refractivity contribution is 5.38. The van der Waals surface area contributed by atoms with E-state index in [4.69, 9.17) is 4.79 Å². The van der Waals surface area contributed by atoms with Crippen molar-refractivity contribution in [3.8, 4) is 0 Å². The molecule has 0 saturated carbocycles. The van der Waals surface area contributed by atoms with Gasteiger partial charge in [-0.3, -0.25) is 0 Å². The van der Waals surface area contributed by atoms with E-state index < -0.39 is 0 Å². The summed E-state index contributed by atoms with van der Waals surface area (Å²) in [7, 11) is 0. The topological polar surface area (TPSA) is 17.1 Å². The maximum atomic E-state index is 8.57. The monoisotopic (exact) mass is 146 g/mol. The molecule has 0 heterocycles. The van der Waals surface area contributed by atoms with Crippen LogP contribution in [0.3, 0.4) is 0 Å². The number of hydrogen-bond donors (Lipinski definition) is 0. The Bertz CT molecular complexity index is 247. The van der Waals surface area contributed by atoms with Gasteiger partial charge in [0, 0.05) is 0 Å². The fourth-order valence-corrected chi connectivity index (χ4v) is 1.14. The van der Waals surface area contributed by atoms with Crippen LogP contribution in [-0.4, -0.2) is 5.94 Å². The molecule has 0 fully saturated rings. The Morgan fingerprint density at radius 1 is 1.18 bits per heavy atom. The van der Waals surface area contributed by atoms with Gasteiger partial charge < -0.3 is 0 Å². The molecule has 1 nitrogen and oxygen atoms in total. The first-order valence-corrected chi connectivity index (χ1v) is 3.59. The molecule has 0 unspecified atom stereocenters. The second kappa shape index (κ2) is 3.75. The lowest BCUT2D eigenvalue weighted by Gasteiger charge is -2.16. The van der Waals surface area contributed by atoms with E-state index in [1.165, 1.54) is 18.8 Å². The van der Waals surface area contributed by atoms with Crippen molar-refractivity contribution in [3.63, 3.8) is 0 Å². The number of fused-ring (bicyclic) bond motifs is 1. The minimum Gasteiger partial charge on any atom is -0.234 e. The van der Waals surface area contributed by atoms with Crippen molar-refractivity contribution < 1.29 is 4.79 Å². The molecule has 0 bridgehead atoms. The van der Waals surface area contributed by atoms with E-state index in [9.17, 15) is 0 Å². The molecule has 1 aromatic rings. The lowest BCUT2D eigenvalue weighted by atomic mass is 9.89. The van der Waals surface area contributed by atoms with Crippen molar-refractivity contribution >= 4 is 5.94 Å². The molecule has 1 aromatic carbocycles. The molecule has 0 aromatic heterocycles. The average molecular weight is 146 g/mol. The Morgan fingerprint density at radius 3 is 1.73 bits per heavy atom. The van der Waals surface area contributed by atoms with Gasteiger partial charge in [-0.15, -0.1) is 0 Å². The summed E-state index contributed by atoms with van der Waals surface area (Å²) in [5.74, 6) is 1.25. The van der Waals surface area contributed by atoms with Crippen LogP contribution in [0.5, 0.6) is 0 Å². The molecule has 0 radical (unpaired) electrons. The van der Waals surface area contributed by atoms with Gasteiger partial charge in [-0.2, -0.15) is 0 Å². The van der Waals surface area contributed by atoms with E-state index in [2.05, 4.69) is 30.8 Å². The van der Waals surface area contributed by atoms with Gasteiger partial charge in [-0.25, -0.2) is 4.79 Å². The molecule has 0 N–H and O–H groups in total. The number of benzene rings is 1. The van der Waals surface area contributed by atoms with Crippen LogP contribution in [0.4, 0.5) is 0 Å². The first-order chi connectivity index (χ1) is 5.38. The van der Waals surface area contributed by atoms with Gasteiger partial charge in [0.1, 0.15) is 5.94 Å². The highest BCUT2D eigenvalue weighted by atomic mass is 16.1. The molecule has 0 saturated heterocycles. The third kappa shape index (κ3) is 1.79. The predicted octanol–water partition coefficient (Wildman–Crippen LogP) is 1.79. The van der Waals surface area contributed by atoms with Crippen molar-refractivity contribution in [1.82, 2.24) is 0 Å². The molecular weight excluding hydrogens is 136 g/mol. The smallest absolute Gasteiger partial charge is 0.116 e. The normalized spacial score (nSPS) is 11.3. The minimum absolute atomic E-state index is 1.25. The van der Waals surface area contributed by atoms with Crippen LogP contribution in [0.2, 0.25) is 0 Å². The number of hydrogen-bond acceptors (Lipinski definition) is 1. The van der Waals surface area contributed by atoms with Gasteiger partial charge in [0.15, 0.2) is 0 Å². The minimum atomic E-state index is 1.25. The van der Waals surface area contributed by atoms with Crippen molar-refractivity contribution in [3.05, 3.63) is 42.0 Å². The van der Waals surface area contributed by atoms with Crippen molar-refractivity contribution in [2.24, 2.45) is 0 Å². The van der Waals surface area contributed by atoms with E-state index in [0.29, 0.717) is 0 Å². The van der Waals surface area contributed by atoms with Gasteiger partial charge in [0.25, 0.3) is 0 Å². The molecular formula is C10H10O. The predicted molar refractivity (Wildman–Crippen MR) is 45.2 cm³/mol. The zero-order valence-electron chi connectivity index (χ0n) is 6.34. The van der Waals surface area contributed by atoms with Gasteiger partial charge in [0.2, 0.25) is 0 Å². The molecule has 1 heteroatoms. The van der Waals surface area contributed by atoms with Crippen LogP contribution in [0, 0.1) is 0 Å². The molecule has 1 aliphatic carbocycles. The summed E-state index contributed by atoms with van der Waals surface area (Å²) in [6.45, 7) is 2.68. The molecule has 0 aliphatic heterocycles. The van der Waals surface area contributed by atoms with E-state index in [1.54, 1.807) is 11.1 Å². The zero-order chi connectivity index (χ0) is 8.10. The van der Waals surface area contributed by atoms with Crippen molar-refractivity contribution in [2.75, 3.05) is 0 Å². The summed E-state index contributed by atoms with van der Waals surface area (Å²) in [4.78, 5) is 8.57. The Balaban J connectivity index is 0.000000179. The Labute approximate surface area is 66.4 Å². The van der Waals surface area contributed by atoms with E-state index in [1.807, 2.05) is 0 Å². The molecule has 11 heavy (non-hydrogen) atoms. The highest BCUT2D eigenvalue weighted by Crippen LogP contribution is 2.20. The number of aryl methyl sites for hydroxylation is 2. The second-order valence-corrected chi connectivity index (χ2v) is 2.41. The summed E-state index contributed by atoms with van der Waals surface area (Å²) in [5.41, 5.74) is 3.10. The van der Waals surface area contributed by atoms with Crippen LogP contribution in [0.25, 0.3) is 0 Å². The van der Waals surface area contributed by atoms with Gasteiger partial charge in [-0.05, 0) is 30.5 Å². The zero-order valence-corrected chi connectivity index (χ0v) is 6.34. The Kier molecular flexibility index (Phi) is 2.65. The van der Waals surface area contributed by atoms with Crippen LogP contribution >= 0.6 is 0 Å². The Hall–Kier alpha value is -1.33. The summed E-state index contributed by atoms with van der Waals surface area (Å²) in [6.07, 6.45) is 2.60. The standard InChI is InChI=1S/C8H8.C2H2O/c1-2-4-8-6-5-7(8)3-1;1-2-3/h1-4H,5-6H2;1H2. The van der Waals surface area contributed by atoms with Crippen molar-refractivity contribution in [2.45, 2.75) is 12.8 Å². The summed E-state index contributed by atoms with van der Waals surface area (Å²) < 4.78 is 0. The fraction of sp³-hybridized carbons (Fsp3) is 0.200. The van der Waals surface area contributed by atoms with Gasteiger partial charge in [0.05, 0.1) is 0 Å². The molecule has 0 spiro atoms. The van der Waals surface area contributed by atoms with Crippen LogP contribution < -0.4 is 0 Å². The quantitative estimate of drug-likeness (QED) is 0.510. The van der Waals surface area contributed by atoms with Crippen LogP contribution in [0.15, 0.2) is 30.8 Å². The summed E-state index contributed by atoms with van der Waals surface area (Å²) in [6, 6.07) is 8.63. The molecule has 2 rings (SSSR count). The van der Waals surface area contributed by atoms with Crippen molar-refractivity contribution in [1.29, 1.82) is 0 Å². The second-order valence-electron chi connectivity index (χ2n) is 2.41. The molecule has 1 aliphatic rings. The van der Waals surface area contributed by atoms with Crippen LogP contribution in [-0.2, 0) is 17.6 Å². The average Bonchev–Trinajstić information content (AvgIpc) is 1.94. The molecule has 0 amide bonds. The first kappa shape index (κ1) is 7.77. The molecule has 56 valence electrons. The number of carbonyl (C=O) groups excluding carboxylic acids is 1. The van der Waals surface area contributed by atoms with Crippen LogP contribution in [0.1, 0.15) is 11.1 Å². The van der Waals surface area contributed by atoms with Gasteiger partial charge in [-0.1, -0.05) is 24.3 Å².